The average molecular weight is 352 g/mol. The highest BCUT2D eigenvalue weighted by Gasteiger charge is 2.12. The zero-order valence-electron chi connectivity index (χ0n) is 12.8. The van der Waals surface area contributed by atoms with Crippen molar-refractivity contribution in [2.24, 2.45) is 0 Å². The summed E-state index contributed by atoms with van der Waals surface area (Å²) in [6.45, 7) is -0.651. The molecule has 0 aliphatic carbocycles. The minimum absolute atomic E-state index is 0.0895. The molecule has 0 aliphatic rings. The minimum atomic E-state index is -0.703. The molecule has 1 amide bonds. The van der Waals surface area contributed by atoms with Crippen LogP contribution in [-0.4, -0.2) is 25.5 Å². The molecule has 0 unspecified atom stereocenters. The third-order valence-electron chi connectivity index (χ3n) is 3.16. The van der Waals surface area contributed by atoms with Gasteiger partial charge in [-0.1, -0.05) is 23.7 Å². The first-order valence-electron chi connectivity index (χ1n) is 7.02. The molecular weight excluding hydrogens is 337 g/mol. The summed E-state index contributed by atoms with van der Waals surface area (Å²) in [4.78, 5) is 23.6. The van der Waals surface area contributed by atoms with E-state index in [-0.39, 0.29) is 23.7 Å². The zero-order chi connectivity index (χ0) is 17.5. The van der Waals surface area contributed by atoms with Crippen molar-refractivity contribution in [3.8, 4) is 5.75 Å². The van der Waals surface area contributed by atoms with Crippen LogP contribution in [0.2, 0.25) is 5.02 Å². The summed E-state index contributed by atoms with van der Waals surface area (Å²) in [6, 6.07) is 10.7. The van der Waals surface area contributed by atoms with Gasteiger partial charge in [-0.05, 0) is 30.3 Å². The fourth-order valence-corrected chi connectivity index (χ4v) is 2.11. The first-order chi connectivity index (χ1) is 11.5. The molecule has 5 nitrogen and oxygen atoms in total. The Labute approximate surface area is 143 Å². The number of carbonyl (C=O) groups is 2. The predicted molar refractivity (Wildman–Crippen MR) is 86.5 cm³/mol. The van der Waals surface area contributed by atoms with Crippen LogP contribution < -0.4 is 10.1 Å². The second-order valence-corrected chi connectivity index (χ2v) is 5.18. The van der Waals surface area contributed by atoms with Crippen molar-refractivity contribution in [3.63, 3.8) is 0 Å². The Morgan fingerprint density at radius 2 is 1.96 bits per heavy atom. The number of rotatable bonds is 6. The van der Waals surface area contributed by atoms with Gasteiger partial charge in [0.2, 0.25) is 0 Å². The maximum Gasteiger partial charge on any atom is 0.325 e. The molecule has 0 atom stereocenters. The molecule has 1 N–H and O–H groups in total. The Hall–Kier alpha value is -2.60. The molecule has 126 valence electrons. The van der Waals surface area contributed by atoms with Gasteiger partial charge in [-0.25, -0.2) is 4.39 Å². The Morgan fingerprint density at radius 3 is 2.67 bits per heavy atom. The highest BCUT2D eigenvalue weighted by molar-refractivity contribution is 6.31. The van der Waals surface area contributed by atoms with Crippen LogP contribution in [-0.2, 0) is 16.1 Å². The van der Waals surface area contributed by atoms with Crippen LogP contribution in [0.5, 0.6) is 5.75 Å². The average Bonchev–Trinajstić information content (AvgIpc) is 2.59. The van der Waals surface area contributed by atoms with Crippen molar-refractivity contribution in [1.82, 2.24) is 5.32 Å². The van der Waals surface area contributed by atoms with E-state index in [9.17, 15) is 14.0 Å². The van der Waals surface area contributed by atoms with E-state index in [0.29, 0.717) is 11.3 Å². The monoisotopic (exact) mass is 351 g/mol. The van der Waals surface area contributed by atoms with Crippen molar-refractivity contribution in [2.75, 3.05) is 13.7 Å². The van der Waals surface area contributed by atoms with Crippen LogP contribution in [0.1, 0.15) is 15.9 Å². The number of ether oxygens (including phenoxy) is 2. The number of nitrogens with one attached hydrogen (secondary N) is 1. The lowest BCUT2D eigenvalue weighted by atomic mass is 10.2. The molecule has 0 aliphatic heterocycles. The number of esters is 1. The summed E-state index contributed by atoms with van der Waals surface area (Å²) in [5.41, 5.74) is 0.436. The van der Waals surface area contributed by atoms with Crippen molar-refractivity contribution in [1.29, 1.82) is 0 Å². The summed E-state index contributed by atoms with van der Waals surface area (Å²) in [5.74, 6) is -1.18. The number of carbonyl (C=O) groups excluding carboxylic acids is 2. The smallest absolute Gasteiger partial charge is 0.325 e. The second-order valence-electron chi connectivity index (χ2n) is 4.78. The maximum atomic E-state index is 13.6. The Bertz CT molecular complexity index is 731. The molecule has 24 heavy (non-hydrogen) atoms. The molecule has 2 aromatic rings. The van der Waals surface area contributed by atoms with Gasteiger partial charge in [-0.15, -0.1) is 0 Å². The first-order valence-corrected chi connectivity index (χ1v) is 7.40. The molecule has 2 rings (SSSR count). The predicted octanol–water partition coefficient (Wildman–Crippen LogP) is 2.96. The highest BCUT2D eigenvalue weighted by Crippen LogP contribution is 2.19. The van der Waals surface area contributed by atoms with Gasteiger partial charge in [-0.2, -0.15) is 0 Å². The molecule has 2 aromatic carbocycles. The number of halogens is 2. The van der Waals surface area contributed by atoms with Crippen molar-refractivity contribution in [2.45, 2.75) is 6.61 Å². The normalized spacial score (nSPS) is 10.1. The van der Waals surface area contributed by atoms with Gasteiger partial charge in [0.1, 0.15) is 24.7 Å². The molecular formula is C17H15ClFNO4. The topological polar surface area (TPSA) is 64.6 Å². The fourth-order valence-electron chi connectivity index (χ4n) is 1.89. The van der Waals surface area contributed by atoms with Crippen LogP contribution in [0.25, 0.3) is 0 Å². The number of hydrogen-bond donors (Lipinski definition) is 1. The SMILES string of the molecule is COc1cccc(C(=O)NCC(=O)OCc2c(F)cccc2Cl)c1. The number of methoxy groups -OCH3 is 1. The van der Waals surface area contributed by atoms with E-state index in [4.69, 9.17) is 21.1 Å². The number of benzene rings is 2. The maximum absolute atomic E-state index is 13.6. The molecule has 0 fully saturated rings. The molecule has 0 bridgehead atoms. The van der Waals surface area contributed by atoms with Gasteiger partial charge in [-0.3, -0.25) is 9.59 Å². The fraction of sp³-hybridized carbons (Fsp3) is 0.176. The summed E-state index contributed by atoms with van der Waals surface area (Å²) in [6.07, 6.45) is 0. The van der Waals surface area contributed by atoms with E-state index in [1.807, 2.05) is 0 Å². The first kappa shape index (κ1) is 17.7. The summed E-state index contributed by atoms with van der Waals surface area (Å²) in [5, 5.41) is 2.59. The van der Waals surface area contributed by atoms with E-state index in [1.54, 1.807) is 24.3 Å². The van der Waals surface area contributed by atoms with E-state index < -0.39 is 17.7 Å². The Morgan fingerprint density at radius 1 is 1.21 bits per heavy atom. The van der Waals surface area contributed by atoms with Crippen LogP contribution in [0.15, 0.2) is 42.5 Å². The molecule has 0 radical (unpaired) electrons. The van der Waals surface area contributed by atoms with Crippen molar-refractivity contribution >= 4 is 23.5 Å². The van der Waals surface area contributed by atoms with Crippen LogP contribution >= 0.6 is 11.6 Å². The Balaban J connectivity index is 1.85. The lowest BCUT2D eigenvalue weighted by Crippen LogP contribution is -2.30. The van der Waals surface area contributed by atoms with Crippen molar-refractivity contribution < 1.29 is 23.5 Å². The second kappa shape index (κ2) is 8.31. The Kier molecular flexibility index (Phi) is 6.14. The molecule has 0 saturated carbocycles. The van der Waals surface area contributed by atoms with Crippen LogP contribution in [0, 0.1) is 5.82 Å². The van der Waals surface area contributed by atoms with Gasteiger partial charge in [0.25, 0.3) is 5.91 Å². The third kappa shape index (κ3) is 4.70. The van der Waals surface area contributed by atoms with Gasteiger partial charge < -0.3 is 14.8 Å². The quantitative estimate of drug-likeness (QED) is 0.813. The van der Waals surface area contributed by atoms with E-state index >= 15 is 0 Å². The van der Waals surface area contributed by atoms with Gasteiger partial charge in [0.15, 0.2) is 0 Å². The van der Waals surface area contributed by atoms with E-state index in [0.717, 1.165) is 0 Å². The summed E-state index contributed by atoms with van der Waals surface area (Å²) < 4.78 is 23.5. The third-order valence-corrected chi connectivity index (χ3v) is 3.52. The van der Waals surface area contributed by atoms with E-state index in [2.05, 4.69) is 5.32 Å². The number of amides is 1. The summed E-state index contributed by atoms with van der Waals surface area (Å²) in [7, 11) is 1.49. The zero-order valence-corrected chi connectivity index (χ0v) is 13.6. The molecule has 0 saturated heterocycles. The van der Waals surface area contributed by atoms with Gasteiger partial charge in [0.05, 0.1) is 12.1 Å². The molecule has 0 heterocycles. The summed E-state index contributed by atoms with van der Waals surface area (Å²) >= 11 is 5.84. The van der Waals surface area contributed by atoms with Crippen LogP contribution in [0.4, 0.5) is 4.39 Å². The number of hydrogen-bond acceptors (Lipinski definition) is 4. The van der Waals surface area contributed by atoms with Crippen molar-refractivity contribution in [3.05, 3.63) is 64.4 Å². The largest absolute Gasteiger partial charge is 0.497 e. The minimum Gasteiger partial charge on any atom is -0.497 e. The van der Waals surface area contributed by atoms with Gasteiger partial charge >= 0.3 is 5.97 Å². The van der Waals surface area contributed by atoms with Gasteiger partial charge in [0, 0.05) is 11.1 Å². The highest BCUT2D eigenvalue weighted by atomic mass is 35.5. The lowest BCUT2D eigenvalue weighted by Gasteiger charge is -2.09. The van der Waals surface area contributed by atoms with E-state index in [1.165, 1.54) is 25.3 Å². The standard InChI is InChI=1S/C17H15ClFNO4/c1-23-12-5-2-4-11(8-12)17(22)20-9-16(21)24-10-13-14(18)6-3-7-15(13)19/h2-8H,9-10H2,1H3,(H,20,22). The van der Waals surface area contributed by atoms with Crippen LogP contribution in [0.3, 0.4) is 0 Å². The lowest BCUT2D eigenvalue weighted by molar-refractivity contribution is -0.143. The molecule has 0 aromatic heterocycles. The molecule has 0 spiro atoms. The molecule has 7 heteroatoms.